The van der Waals surface area contributed by atoms with E-state index >= 15 is 0 Å². The molecule has 0 saturated carbocycles. The van der Waals surface area contributed by atoms with Gasteiger partial charge in [-0.15, -0.1) is 0 Å². The molecule has 0 amide bonds. The molecule has 264 valence electrons. The summed E-state index contributed by atoms with van der Waals surface area (Å²) in [4.78, 5) is 51.5. The quantitative estimate of drug-likeness (QED) is 0.155. The number of ether oxygens (including phenoxy) is 3. The van der Waals surface area contributed by atoms with Gasteiger partial charge in [-0.3, -0.25) is 39.0 Å². The van der Waals surface area contributed by atoms with Crippen molar-refractivity contribution in [2.75, 3.05) is 72.0 Å². The van der Waals surface area contributed by atoms with Crippen molar-refractivity contribution in [3.63, 3.8) is 0 Å². The van der Waals surface area contributed by atoms with Crippen LogP contribution in [0.4, 0.5) is 5.69 Å². The minimum absolute atomic E-state index is 0.106. The summed E-state index contributed by atoms with van der Waals surface area (Å²) in [6, 6.07) is 8.03. The van der Waals surface area contributed by atoms with Crippen molar-refractivity contribution in [3.8, 4) is 0 Å². The lowest BCUT2D eigenvalue weighted by Crippen LogP contribution is -2.49. The van der Waals surface area contributed by atoms with Gasteiger partial charge in [-0.2, -0.15) is 0 Å². The Morgan fingerprint density at radius 1 is 0.617 bits per heavy atom. The highest BCUT2D eigenvalue weighted by molar-refractivity contribution is 7.80. The number of hydrogen-bond acceptors (Lipinski definition) is 12. The first kappa shape index (κ1) is 40.4. The van der Waals surface area contributed by atoms with Crippen molar-refractivity contribution < 1.29 is 28.6 Å². The molecule has 1 aliphatic rings. The van der Waals surface area contributed by atoms with E-state index in [1.165, 1.54) is 5.37 Å². The number of aliphatic imine (C=N–C) groups is 1. The molecule has 0 radical (unpaired) electrons. The summed E-state index contributed by atoms with van der Waals surface area (Å²) in [5, 5.41) is 1.48. The molecule has 0 N–H and O–H groups in total. The summed E-state index contributed by atoms with van der Waals surface area (Å²) in [6.07, 6.45) is 1.59. The lowest BCUT2D eigenvalue weighted by molar-refractivity contribution is -0.158. The Morgan fingerprint density at radius 2 is 0.936 bits per heavy atom. The Bertz CT molecular complexity index is 1140. The van der Waals surface area contributed by atoms with Crippen molar-refractivity contribution in [1.29, 1.82) is 0 Å². The van der Waals surface area contributed by atoms with E-state index < -0.39 is 16.8 Å². The van der Waals surface area contributed by atoms with Gasteiger partial charge < -0.3 is 14.2 Å². The first-order valence-electron chi connectivity index (χ1n) is 16.4. The molecule has 2 rings (SSSR count). The zero-order valence-corrected chi connectivity index (χ0v) is 30.9. The van der Waals surface area contributed by atoms with Crippen LogP contribution in [0.15, 0.2) is 29.3 Å². The molecular weight excluding hydrogens is 618 g/mol. The second-order valence-corrected chi connectivity index (χ2v) is 15.2. The highest BCUT2D eigenvalue weighted by atomic mass is 32.1. The summed E-state index contributed by atoms with van der Waals surface area (Å²) in [6.45, 7) is 22.5. The number of thiocarbonyl (C=S) groups is 1. The van der Waals surface area contributed by atoms with Crippen LogP contribution in [-0.4, -0.2) is 138 Å². The van der Waals surface area contributed by atoms with Gasteiger partial charge in [0.2, 0.25) is 0 Å². The Labute approximate surface area is 287 Å². The summed E-state index contributed by atoms with van der Waals surface area (Å²) >= 11 is 4.84. The van der Waals surface area contributed by atoms with E-state index in [4.69, 9.17) is 26.4 Å². The molecule has 12 heteroatoms. The minimum Gasteiger partial charge on any atom is -0.459 e. The smallest absolute Gasteiger partial charge is 0.320 e. The largest absolute Gasteiger partial charge is 0.459 e. The third-order valence-corrected chi connectivity index (χ3v) is 7.00. The molecule has 1 fully saturated rings. The lowest BCUT2D eigenvalue weighted by atomic mass is 10.2. The third kappa shape index (κ3) is 19.0. The topological polar surface area (TPSA) is 104 Å². The van der Waals surface area contributed by atoms with E-state index in [9.17, 15) is 14.4 Å². The summed E-state index contributed by atoms with van der Waals surface area (Å²) in [7, 11) is 0. The molecule has 47 heavy (non-hydrogen) atoms. The maximum absolute atomic E-state index is 12.9. The minimum atomic E-state index is -0.601. The van der Waals surface area contributed by atoms with Gasteiger partial charge in [0.05, 0.1) is 25.3 Å². The molecule has 0 bridgehead atoms. The zero-order chi connectivity index (χ0) is 35.3. The van der Waals surface area contributed by atoms with Crippen LogP contribution in [-0.2, 0) is 35.1 Å². The Hall–Kier alpha value is -2.77. The van der Waals surface area contributed by atoms with Gasteiger partial charge in [-0.25, -0.2) is 0 Å². The Balaban J connectivity index is 2.31. The van der Waals surface area contributed by atoms with Crippen molar-refractivity contribution in [2.45, 2.75) is 85.7 Å². The SMILES string of the molecule is CC(C)(C)OC(=O)CN1CCN(CC(=O)OC(C)(C)C)CCN(Cc2ccc(N=CC=S)cc2)CCN(CC(=O)OC(C)(C)C)CC1. The molecule has 1 aromatic carbocycles. The standard InChI is InChI=1S/C35H57N5O6S/c1-33(2,3)44-30(41)25-38-17-15-37(24-28-10-12-29(13-11-28)36-14-23-47)16-18-39(26-31(42)45-34(4,5)6)20-22-40(21-19-38)27-32(43)46-35(7,8)9/h10-14,23H,15-22,24-27H2,1-9H3. The van der Waals surface area contributed by atoms with Gasteiger partial charge >= 0.3 is 17.9 Å². The van der Waals surface area contributed by atoms with Crippen LogP contribution in [0.25, 0.3) is 0 Å². The molecular formula is C35H57N5O6S. The predicted octanol–water partition coefficient (Wildman–Crippen LogP) is 4.14. The monoisotopic (exact) mass is 675 g/mol. The Kier molecular flexibility index (Phi) is 16.1. The average Bonchev–Trinajstić information content (AvgIpc) is 2.90. The van der Waals surface area contributed by atoms with Gasteiger partial charge in [0.25, 0.3) is 0 Å². The van der Waals surface area contributed by atoms with E-state index in [-0.39, 0.29) is 37.5 Å². The number of carbonyl (C=O) groups excluding carboxylic acids is 3. The number of hydrogen-bond donors (Lipinski definition) is 0. The third-order valence-electron chi connectivity index (χ3n) is 6.87. The Morgan fingerprint density at radius 3 is 1.23 bits per heavy atom. The van der Waals surface area contributed by atoms with Gasteiger partial charge in [-0.1, -0.05) is 24.4 Å². The highest BCUT2D eigenvalue weighted by Crippen LogP contribution is 2.15. The van der Waals surface area contributed by atoms with Gasteiger partial charge in [0, 0.05) is 70.5 Å². The number of nitrogens with zero attached hydrogens (tertiary/aromatic N) is 5. The maximum atomic E-state index is 12.9. The second-order valence-electron chi connectivity index (χ2n) is 14.9. The van der Waals surface area contributed by atoms with Crippen molar-refractivity contribution in [2.24, 2.45) is 4.99 Å². The van der Waals surface area contributed by atoms with Crippen LogP contribution < -0.4 is 0 Å². The fraction of sp³-hybridized carbons (Fsp3) is 0.686. The normalized spacial score (nSPS) is 17.5. The lowest BCUT2D eigenvalue weighted by Gasteiger charge is -2.34. The summed E-state index contributed by atoms with van der Waals surface area (Å²) in [5.41, 5.74) is 0.173. The zero-order valence-electron chi connectivity index (χ0n) is 30.0. The molecule has 0 aliphatic carbocycles. The van der Waals surface area contributed by atoms with Gasteiger partial charge in [-0.05, 0) is 80.0 Å². The molecule has 1 aromatic rings. The number of rotatable bonds is 10. The van der Waals surface area contributed by atoms with Gasteiger partial charge in [0.15, 0.2) is 0 Å². The van der Waals surface area contributed by atoms with Crippen LogP contribution in [0.2, 0.25) is 0 Å². The molecule has 11 nitrogen and oxygen atoms in total. The highest BCUT2D eigenvalue weighted by Gasteiger charge is 2.25. The van der Waals surface area contributed by atoms with Crippen LogP contribution in [0, 0.1) is 0 Å². The first-order valence-corrected chi connectivity index (χ1v) is 16.9. The van der Waals surface area contributed by atoms with Gasteiger partial charge in [0.1, 0.15) is 16.8 Å². The van der Waals surface area contributed by atoms with E-state index in [0.717, 1.165) is 11.3 Å². The first-order chi connectivity index (χ1) is 21.8. The van der Waals surface area contributed by atoms with E-state index in [1.807, 2.05) is 79.3 Å². The van der Waals surface area contributed by atoms with Crippen LogP contribution in [0.1, 0.15) is 67.9 Å². The van der Waals surface area contributed by atoms with Crippen molar-refractivity contribution >= 4 is 47.4 Å². The molecule has 0 spiro atoms. The fourth-order valence-corrected chi connectivity index (χ4v) is 5.00. The molecule has 0 aromatic heterocycles. The molecule has 0 unspecified atom stereocenters. The van der Waals surface area contributed by atoms with E-state index in [2.05, 4.69) is 31.8 Å². The summed E-state index contributed by atoms with van der Waals surface area (Å²) < 4.78 is 16.9. The molecule has 0 atom stereocenters. The number of carbonyl (C=O) groups is 3. The van der Waals surface area contributed by atoms with Crippen LogP contribution in [0.5, 0.6) is 0 Å². The maximum Gasteiger partial charge on any atom is 0.320 e. The van der Waals surface area contributed by atoms with Crippen LogP contribution >= 0.6 is 12.2 Å². The number of benzene rings is 1. The second kappa shape index (κ2) is 18.7. The van der Waals surface area contributed by atoms with Crippen LogP contribution in [0.3, 0.4) is 0 Å². The van der Waals surface area contributed by atoms with E-state index in [1.54, 1.807) is 6.21 Å². The van der Waals surface area contributed by atoms with E-state index in [0.29, 0.717) is 58.9 Å². The molecule has 1 aliphatic heterocycles. The average molecular weight is 676 g/mol. The van der Waals surface area contributed by atoms with Crippen molar-refractivity contribution in [3.05, 3.63) is 29.8 Å². The van der Waals surface area contributed by atoms with Crippen molar-refractivity contribution in [1.82, 2.24) is 19.6 Å². The molecule has 1 heterocycles. The predicted molar refractivity (Wildman–Crippen MR) is 190 cm³/mol. The fourth-order valence-electron chi connectivity index (χ4n) is 4.94. The summed E-state index contributed by atoms with van der Waals surface area (Å²) in [5.74, 6) is -0.885. The molecule has 1 saturated heterocycles. The number of esters is 3.